The van der Waals surface area contributed by atoms with Gasteiger partial charge in [0.25, 0.3) is 5.91 Å². The van der Waals surface area contributed by atoms with E-state index in [9.17, 15) is 4.79 Å². The summed E-state index contributed by atoms with van der Waals surface area (Å²) in [6.07, 6.45) is 1.97. The van der Waals surface area contributed by atoms with E-state index >= 15 is 0 Å². The number of fused-ring (bicyclic) bond motifs is 1. The fourth-order valence-corrected chi connectivity index (χ4v) is 4.16. The Morgan fingerprint density at radius 1 is 1.03 bits per heavy atom. The van der Waals surface area contributed by atoms with Gasteiger partial charge in [-0.25, -0.2) is 0 Å². The molecule has 158 valence electrons. The molecule has 3 aromatic carbocycles. The van der Waals surface area contributed by atoms with Gasteiger partial charge in [-0.3, -0.25) is 4.79 Å². The summed E-state index contributed by atoms with van der Waals surface area (Å²) < 4.78 is 7.17. The van der Waals surface area contributed by atoms with Crippen molar-refractivity contribution in [3.8, 4) is 5.75 Å². The molecule has 3 nitrogen and oxygen atoms in total. The summed E-state index contributed by atoms with van der Waals surface area (Å²) in [6, 6.07) is 20.2. The number of ether oxygens (including phenoxy) is 1. The van der Waals surface area contributed by atoms with Gasteiger partial charge in [-0.05, 0) is 59.4 Å². The number of hydrogen-bond acceptors (Lipinski definition) is 2. The van der Waals surface area contributed by atoms with Gasteiger partial charge < -0.3 is 10.1 Å². The Kier molecular flexibility index (Phi) is 5.76. The molecule has 0 aliphatic carbocycles. The summed E-state index contributed by atoms with van der Waals surface area (Å²) in [5.41, 5.74) is 6.69. The number of benzene rings is 3. The maximum absolute atomic E-state index is 12.7. The fraction of sp³-hybridized carbons (Fsp3) is 0.222. The molecule has 0 bridgehead atoms. The van der Waals surface area contributed by atoms with Crippen LogP contribution < -0.4 is 10.1 Å². The smallest absolute Gasteiger partial charge is 0.256 e. The van der Waals surface area contributed by atoms with E-state index in [-0.39, 0.29) is 11.3 Å². The zero-order valence-corrected chi connectivity index (χ0v) is 19.8. The maximum Gasteiger partial charge on any atom is 0.256 e. The van der Waals surface area contributed by atoms with Gasteiger partial charge >= 0.3 is 0 Å². The number of nitrogens with one attached hydrogen (secondary N) is 1. The van der Waals surface area contributed by atoms with Gasteiger partial charge in [0.1, 0.15) is 12.4 Å². The summed E-state index contributed by atoms with van der Waals surface area (Å²) in [6.45, 7) is 9.07. The molecular weight excluding hydrogens is 450 g/mol. The lowest BCUT2D eigenvalue weighted by molar-refractivity contribution is -0.110. The quantitative estimate of drug-likeness (QED) is 0.407. The molecule has 3 aromatic rings. The van der Waals surface area contributed by atoms with Crippen molar-refractivity contribution in [1.29, 1.82) is 0 Å². The molecule has 0 saturated carbocycles. The number of carbonyl (C=O) groups excluding carboxylic acids is 1. The van der Waals surface area contributed by atoms with Crippen LogP contribution in [0.3, 0.4) is 0 Å². The Hall–Kier alpha value is -2.85. The fourth-order valence-electron chi connectivity index (χ4n) is 3.83. The molecule has 1 heterocycles. The van der Waals surface area contributed by atoms with Gasteiger partial charge in [0.15, 0.2) is 0 Å². The molecule has 4 heteroatoms. The van der Waals surface area contributed by atoms with E-state index in [1.807, 2.05) is 55.5 Å². The van der Waals surface area contributed by atoms with Crippen LogP contribution in [0.4, 0.5) is 5.69 Å². The first kappa shape index (κ1) is 21.4. The van der Waals surface area contributed by atoms with Crippen LogP contribution >= 0.6 is 15.9 Å². The first-order chi connectivity index (χ1) is 14.7. The minimum Gasteiger partial charge on any atom is -0.489 e. The molecular formula is C27H26BrNO2. The highest BCUT2D eigenvalue weighted by Gasteiger charge is 2.27. The van der Waals surface area contributed by atoms with Crippen molar-refractivity contribution in [2.45, 2.75) is 39.7 Å². The van der Waals surface area contributed by atoms with Crippen molar-refractivity contribution >= 4 is 39.2 Å². The van der Waals surface area contributed by atoms with Gasteiger partial charge in [-0.2, -0.15) is 0 Å². The molecule has 0 unspecified atom stereocenters. The first-order valence-electron chi connectivity index (χ1n) is 10.4. The van der Waals surface area contributed by atoms with Crippen LogP contribution in [0, 0.1) is 6.92 Å². The maximum atomic E-state index is 12.7. The molecule has 0 spiro atoms. The molecule has 4 rings (SSSR count). The van der Waals surface area contributed by atoms with Crippen LogP contribution in [0.25, 0.3) is 11.6 Å². The minimum atomic E-state index is -0.102. The van der Waals surface area contributed by atoms with E-state index in [2.05, 4.69) is 60.2 Å². The van der Waals surface area contributed by atoms with Crippen LogP contribution in [-0.4, -0.2) is 5.91 Å². The molecule has 0 radical (unpaired) electrons. The topological polar surface area (TPSA) is 38.3 Å². The normalized spacial score (nSPS) is 14.5. The van der Waals surface area contributed by atoms with Crippen molar-refractivity contribution in [3.63, 3.8) is 0 Å². The lowest BCUT2D eigenvalue weighted by atomic mass is 9.85. The highest BCUT2D eigenvalue weighted by Crippen LogP contribution is 2.39. The predicted octanol–water partition coefficient (Wildman–Crippen LogP) is 7.13. The van der Waals surface area contributed by atoms with Crippen LogP contribution in [0.15, 0.2) is 65.1 Å². The lowest BCUT2D eigenvalue weighted by Gasteiger charge is -2.23. The summed E-state index contributed by atoms with van der Waals surface area (Å²) in [4.78, 5) is 12.7. The molecule has 0 fully saturated rings. The molecule has 1 amide bonds. The van der Waals surface area contributed by atoms with Crippen LogP contribution in [0.1, 0.15) is 48.6 Å². The van der Waals surface area contributed by atoms with Crippen molar-refractivity contribution in [2.24, 2.45) is 0 Å². The Morgan fingerprint density at radius 3 is 2.48 bits per heavy atom. The highest BCUT2D eigenvalue weighted by molar-refractivity contribution is 9.10. The van der Waals surface area contributed by atoms with E-state index in [0.29, 0.717) is 12.2 Å². The van der Waals surface area contributed by atoms with E-state index < -0.39 is 0 Å². The van der Waals surface area contributed by atoms with Gasteiger partial charge in [0.2, 0.25) is 0 Å². The summed E-state index contributed by atoms with van der Waals surface area (Å²) in [5, 5.41) is 2.98. The number of halogens is 1. The number of carbonyl (C=O) groups is 1. The number of rotatable bonds is 4. The Labute approximate surface area is 192 Å². The Morgan fingerprint density at radius 2 is 1.77 bits per heavy atom. The van der Waals surface area contributed by atoms with Crippen molar-refractivity contribution < 1.29 is 9.53 Å². The van der Waals surface area contributed by atoms with Gasteiger partial charge in [-0.1, -0.05) is 73.1 Å². The van der Waals surface area contributed by atoms with E-state index in [1.165, 1.54) is 0 Å². The van der Waals surface area contributed by atoms with Gasteiger partial charge in [0, 0.05) is 26.9 Å². The summed E-state index contributed by atoms with van der Waals surface area (Å²) >= 11 is 3.58. The van der Waals surface area contributed by atoms with Gasteiger partial charge in [-0.15, -0.1) is 0 Å². The Balaban J connectivity index is 1.71. The van der Waals surface area contributed by atoms with Crippen LogP contribution in [0.2, 0.25) is 0 Å². The molecule has 1 aliphatic heterocycles. The van der Waals surface area contributed by atoms with E-state index in [4.69, 9.17) is 4.74 Å². The van der Waals surface area contributed by atoms with Crippen LogP contribution in [0.5, 0.6) is 5.75 Å². The van der Waals surface area contributed by atoms with Crippen LogP contribution in [-0.2, 0) is 16.8 Å². The number of anilines is 1. The van der Waals surface area contributed by atoms with Gasteiger partial charge in [0.05, 0.1) is 0 Å². The monoisotopic (exact) mass is 475 g/mol. The third kappa shape index (κ3) is 4.45. The molecule has 0 saturated heterocycles. The minimum absolute atomic E-state index is 0.0714. The van der Waals surface area contributed by atoms with Crippen molar-refractivity contribution in [3.05, 3.63) is 93.0 Å². The summed E-state index contributed by atoms with van der Waals surface area (Å²) in [5.74, 6) is 0.798. The third-order valence-corrected chi connectivity index (χ3v) is 6.38. The lowest BCUT2D eigenvalue weighted by Crippen LogP contribution is -2.14. The van der Waals surface area contributed by atoms with E-state index in [0.717, 1.165) is 43.7 Å². The zero-order chi connectivity index (χ0) is 22.2. The second-order valence-electron chi connectivity index (χ2n) is 8.89. The van der Waals surface area contributed by atoms with Crippen molar-refractivity contribution in [2.75, 3.05) is 5.32 Å². The third-order valence-electron chi connectivity index (χ3n) is 5.52. The van der Waals surface area contributed by atoms with Crippen molar-refractivity contribution in [1.82, 2.24) is 0 Å². The Bertz CT molecular complexity index is 1170. The average molecular weight is 476 g/mol. The second kappa shape index (κ2) is 8.35. The van der Waals surface area contributed by atoms with E-state index in [1.54, 1.807) is 0 Å². The number of hydrogen-bond donors (Lipinski definition) is 1. The SMILES string of the molecule is Cc1c(Br)ccc2c1C(=Cc1ccc(OCc3ccccc3)c(C(C)(C)C)c1)C(=O)N2. The number of amides is 1. The predicted molar refractivity (Wildman–Crippen MR) is 131 cm³/mol. The average Bonchev–Trinajstić information content (AvgIpc) is 3.05. The second-order valence-corrected chi connectivity index (χ2v) is 9.74. The molecule has 31 heavy (non-hydrogen) atoms. The zero-order valence-electron chi connectivity index (χ0n) is 18.3. The highest BCUT2D eigenvalue weighted by atomic mass is 79.9. The summed E-state index contributed by atoms with van der Waals surface area (Å²) in [7, 11) is 0. The first-order valence-corrected chi connectivity index (χ1v) is 11.2. The molecule has 1 aliphatic rings. The molecule has 0 atom stereocenters. The molecule has 0 aromatic heterocycles. The molecule has 1 N–H and O–H groups in total. The standard InChI is InChI=1S/C27H26BrNO2/c1-17-22(28)11-12-23-25(17)20(26(30)29-23)14-19-10-13-24(21(15-19)27(2,3)4)31-16-18-8-6-5-7-9-18/h5-15H,16H2,1-4H3,(H,29,30). The largest absolute Gasteiger partial charge is 0.489 e.